The van der Waals surface area contributed by atoms with Crippen LogP contribution in [0.1, 0.15) is 64.7 Å². The lowest BCUT2D eigenvalue weighted by molar-refractivity contribution is -0.138. The summed E-state index contributed by atoms with van der Waals surface area (Å²) in [7, 11) is 0. The lowest BCUT2D eigenvalue weighted by Gasteiger charge is -2.57. The van der Waals surface area contributed by atoms with Gasteiger partial charge in [-0.15, -0.1) is 0 Å². The Bertz CT molecular complexity index is 600. The molecule has 5 rings (SSSR count). The Morgan fingerprint density at radius 2 is 1.62 bits per heavy atom. The van der Waals surface area contributed by atoms with Gasteiger partial charge in [0.1, 0.15) is 0 Å². The summed E-state index contributed by atoms with van der Waals surface area (Å²) in [6.45, 7) is 3.06. The number of nitrogens with one attached hydrogen (secondary N) is 1. The third kappa shape index (κ3) is 3.33. The van der Waals surface area contributed by atoms with E-state index in [1.807, 2.05) is 6.08 Å². The molecule has 26 heavy (non-hydrogen) atoms. The minimum Gasteiger partial charge on any atom is -0.352 e. The molecular formula is C21H30N2O3. The highest BCUT2D eigenvalue weighted by Gasteiger charge is 2.51. The number of hydrogen-bond acceptors (Lipinski definition) is 3. The number of imide groups is 1. The van der Waals surface area contributed by atoms with Gasteiger partial charge in [0, 0.05) is 32.0 Å². The number of hydrogen-bond donors (Lipinski definition) is 1. The molecule has 4 bridgehead atoms. The summed E-state index contributed by atoms with van der Waals surface area (Å²) < 4.78 is 0. The second-order valence-electron chi connectivity index (χ2n) is 9.11. The van der Waals surface area contributed by atoms with E-state index in [2.05, 4.69) is 12.2 Å². The zero-order chi connectivity index (χ0) is 18.3. The molecule has 0 aromatic rings. The molecule has 0 atom stereocenters. The summed E-state index contributed by atoms with van der Waals surface area (Å²) in [5.41, 5.74) is 1.54. The summed E-state index contributed by atoms with van der Waals surface area (Å²) in [5.74, 6) is 2.43. The largest absolute Gasteiger partial charge is 0.352 e. The van der Waals surface area contributed by atoms with Crippen molar-refractivity contribution in [2.45, 2.75) is 64.7 Å². The number of nitrogens with zero attached hydrogens (tertiary/aromatic N) is 1. The van der Waals surface area contributed by atoms with E-state index in [-0.39, 0.29) is 23.1 Å². The monoisotopic (exact) mass is 358 g/mol. The number of likely N-dealkylation sites (tertiary alicyclic amines) is 1. The molecule has 5 heteroatoms. The topological polar surface area (TPSA) is 66.5 Å². The van der Waals surface area contributed by atoms with E-state index < -0.39 is 0 Å². The lowest BCUT2D eigenvalue weighted by Crippen LogP contribution is -2.46. The minimum absolute atomic E-state index is 0.0303. The van der Waals surface area contributed by atoms with Crippen molar-refractivity contribution in [3.05, 3.63) is 11.6 Å². The van der Waals surface area contributed by atoms with Crippen molar-refractivity contribution in [3.63, 3.8) is 0 Å². The van der Waals surface area contributed by atoms with Crippen LogP contribution < -0.4 is 5.32 Å². The van der Waals surface area contributed by atoms with Gasteiger partial charge in [0.2, 0.25) is 17.7 Å². The Morgan fingerprint density at radius 3 is 2.15 bits per heavy atom. The van der Waals surface area contributed by atoms with Crippen molar-refractivity contribution in [1.82, 2.24) is 10.2 Å². The average Bonchev–Trinajstić information content (AvgIpc) is 2.89. The van der Waals surface area contributed by atoms with Gasteiger partial charge in [-0.3, -0.25) is 19.3 Å². The Labute approximate surface area is 155 Å². The second-order valence-corrected chi connectivity index (χ2v) is 9.11. The van der Waals surface area contributed by atoms with Crippen LogP contribution in [0.25, 0.3) is 0 Å². The van der Waals surface area contributed by atoms with Gasteiger partial charge >= 0.3 is 0 Å². The highest BCUT2D eigenvalue weighted by Crippen LogP contribution is 2.62. The predicted molar refractivity (Wildman–Crippen MR) is 97.9 cm³/mol. The van der Waals surface area contributed by atoms with Crippen molar-refractivity contribution in [3.8, 4) is 0 Å². The maximum absolute atomic E-state index is 12.3. The summed E-state index contributed by atoms with van der Waals surface area (Å²) in [6, 6.07) is 0. The number of amides is 3. The fourth-order valence-electron chi connectivity index (χ4n) is 6.32. The predicted octanol–water partition coefficient (Wildman–Crippen LogP) is 2.80. The van der Waals surface area contributed by atoms with Gasteiger partial charge in [-0.2, -0.15) is 0 Å². The molecule has 5 aliphatic rings. The van der Waals surface area contributed by atoms with Gasteiger partial charge < -0.3 is 5.32 Å². The van der Waals surface area contributed by atoms with Gasteiger partial charge in [0.25, 0.3) is 0 Å². The van der Waals surface area contributed by atoms with E-state index in [0.29, 0.717) is 32.4 Å². The first-order chi connectivity index (χ1) is 12.4. The maximum Gasteiger partial charge on any atom is 0.243 e. The van der Waals surface area contributed by atoms with Crippen LogP contribution >= 0.6 is 0 Å². The van der Waals surface area contributed by atoms with Gasteiger partial charge in [-0.25, -0.2) is 0 Å². The molecule has 1 aliphatic heterocycles. The molecule has 1 saturated heterocycles. The quantitative estimate of drug-likeness (QED) is 0.451. The van der Waals surface area contributed by atoms with Crippen LogP contribution in [-0.2, 0) is 14.4 Å². The molecule has 1 heterocycles. The van der Waals surface area contributed by atoms with Gasteiger partial charge in [-0.1, -0.05) is 5.57 Å². The molecule has 4 saturated carbocycles. The normalized spacial score (nSPS) is 36.1. The van der Waals surface area contributed by atoms with Crippen molar-refractivity contribution >= 4 is 17.7 Å². The summed E-state index contributed by atoms with van der Waals surface area (Å²) >= 11 is 0. The SMILES string of the molecule is CC(=CC(=O)NCCCN1C(=O)CCC1=O)C12CC3CC(CC(C3)C1)C2. The van der Waals surface area contributed by atoms with Crippen LogP contribution in [0.3, 0.4) is 0 Å². The fraction of sp³-hybridized carbons (Fsp3) is 0.762. The average molecular weight is 358 g/mol. The summed E-state index contributed by atoms with van der Waals surface area (Å²) in [5, 5.41) is 2.93. The highest BCUT2D eigenvalue weighted by molar-refractivity contribution is 6.01. The Balaban J connectivity index is 1.27. The first kappa shape index (κ1) is 17.7. The maximum atomic E-state index is 12.3. The Morgan fingerprint density at radius 1 is 1.08 bits per heavy atom. The van der Waals surface area contributed by atoms with Crippen LogP contribution in [0.5, 0.6) is 0 Å². The molecule has 5 fully saturated rings. The van der Waals surface area contributed by atoms with Crippen molar-refractivity contribution in [2.24, 2.45) is 23.2 Å². The van der Waals surface area contributed by atoms with Crippen LogP contribution in [0.2, 0.25) is 0 Å². The number of carbonyl (C=O) groups excluding carboxylic acids is 3. The summed E-state index contributed by atoms with van der Waals surface area (Å²) in [6.07, 6.45) is 11.1. The van der Waals surface area contributed by atoms with Gasteiger partial charge in [-0.05, 0) is 75.0 Å². The molecule has 0 aromatic heterocycles. The molecule has 4 aliphatic carbocycles. The van der Waals surface area contributed by atoms with Gasteiger partial charge in [0.15, 0.2) is 0 Å². The Kier molecular flexibility index (Phi) is 4.66. The van der Waals surface area contributed by atoms with E-state index in [4.69, 9.17) is 0 Å². The molecule has 1 N–H and O–H groups in total. The van der Waals surface area contributed by atoms with Crippen molar-refractivity contribution in [2.75, 3.05) is 13.1 Å². The zero-order valence-corrected chi connectivity index (χ0v) is 15.8. The Hall–Kier alpha value is -1.65. The van der Waals surface area contributed by atoms with Crippen molar-refractivity contribution < 1.29 is 14.4 Å². The van der Waals surface area contributed by atoms with Crippen molar-refractivity contribution in [1.29, 1.82) is 0 Å². The molecule has 0 spiro atoms. The number of rotatable bonds is 6. The second kappa shape index (κ2) is 6.82. The smallest absolute Gasteiger partial charge is 0.243 e. The van der Waals surface area contributed by atoms with Gasteiger partial charge in [0.05, 0.1) is 0 Å². The third-order valence-corrected chi connectivity index (χ3v) is 7.23. The van der Waals surface area contributed by atoms with E-state index in [1.54, 1.807) is 0 Å². The molecule has 0 aromatic carbocycles. The van der Waals surface area contributed by atoms with Crippen LogP contribution in [0, 0.1) is 23.2 Å². The minimum atomic E-state index is -0.0844. The molecule has 0 unspecified atom stereocenters. The van der Waals surface area contributed by atoms with E-state index >= 15 is 0 Å². The van der Waals surface area contributed by atoms with E-state index in [1.165, 1.54) is 49.0 Å². The fourth-order valence-corrected chi connectivity index (χ4v) is 6.32. The molecular weight excluding hydrogens is 328 g/mol. The summed E-state index contributed by atoms with van der Waals surface area (Å²) in [4.78, 5) is 36.8. The number of carbonyl (C=O) groups is 3. The lowest BCUT2D eigenvalue weighted by atomic mass is 9.48. The zero-order valence-electron chi connectivity index (χ0n) is 15.8. The molecule has 3 amide bonds. The third-order valence-electron chi connectivity index (χ3n) is 7.23. The first-order valence-corrected chi connectivity index (χ1v) is 10.2. The first-order valence-electron chi connectivity index (χ1n) is 10.2. The van der Waals surface area contributed by atoms with E-state index in [9.17, 15) is 14.4 Å². The number of allylic oxidation sites excluding steroid dienone is 1. The van der Waals surface area contributed by atoms with Crippen LogP contribution in [0.4, 0.5) is 0 Å². The standard InChI is InChI=1S/C21H30N2O3/c1-14(21-11-15-8-16(12-21)10-17(9-15)13-21)7-18(24)22-5-2-6-23-19(25)3-4-20(23)26/h7,15-17H,2-6,8-13H2,1H3,(H,22,24). The van der Waals surface area contributed by atoms with Crippen LogP contribution in [-0.4, -0.2) is 35.7 Å². The highest BCUT2D eigenvalue weighted by atomic mass is 16.2. The molecule has 0 radical (unpaired) electrons. The van der Waals surface area contributed by atoms with E-state index in [0.717, 1.165) is 17.8 Å². The van der Waals surface area contributed by atoms with Crippen LogP contribution in [0.15, 0.2) is 11.6 Å². The molecule has 142 valence electrons. The molecule has 5 nitrogen and oxygen atoms in total.